The molecular weight excluding hydrogens is 449 g/mol. The van der Waals surface area contributed by atoms with E-state index in [1.165, 1.54) is 6.07 Å². The van der Waals surface area contributed by atoms with Crippen LogP contribution >= 0.6 is 0 Å². The van der Waals surface area contributed by atoms with Gasteiger partial charge in [-0.15, -0.1) is 0 Å². The second kappa shape index (κ2) is 8.60. The van der Waals surface area contributed by atoms with Gasteiger partial charge >= 0.3 is 6.18 Å². The number of rotatable bonds is 4. The highest BCUT2D eigenvalue weighted by molar-refractivity contribution is 6.17. The van der Waals surface area contributed by atoms with Crippen LogP contribution in [0.5, 0.6) is 0 Å². The van der Waals surface area contributed by atoms with E-state index in [0.29, 0.717) is 41.4 Å². The Balaban J connectivity index is 1.59. The summed E-state index contributed by atoms with van der Waals surface area (Å²) in [7, 11) is 0. The molecule has 1 saturated heterocycles. The van der Waals surface area contributed by atoms with Crippen molar-refractivity contribution in [1.29, 1.82) is 0 Å². The molecule has 5 rings (SSSR count). The first-order valence-electron chi connectivity index (χ1n) is 10.9. The molecule has 3 heterocycles. The summed E-state index contributed by atoms with van der Waals surface area (Å²) in [5.74, 6) is -0.135. The van der Waals surface area contributed by atoms with E-state index in [1.807, 2.05) is 0 Å². The molecule has 0 bridgehead atoms. The number of carbonyl (C=O) groups is 1. The van der Waals surface area contributed by atoms with E-state index in [4.69, 9.17) is 4.52 Å². The highest BCUT2D eigenvalue weighted by Gasteiger charge is 2.37. The Hall–Kier alpha value is -3.66. The fourth-order valence-electron chi connectivity index (χ4n) is 4.30. The van der Waals surface area contributed by atoms with Gasteiger partial charge in [-0.1, -0.05) is 23.4 Å². The lowest BCUT2D eigenvalue weighted by Gasteiger charge is -2.24. The smallest absolute Gasteiger partial charge is 0.388 e. The third-order valence-corrected chi connectivity index (χ3v) is 5.93. The van der Waals surface area contributed by atoms with Gasteiger partial charge < -0.3 is 19.8 Å². The number of anilines is 2. The number of alkyl halides is 3. The SMILES string of the molecule is O=C1CC(c2cccc(-c3cc(CO)on3)c2)=Nc2cc(N3CCCC3)c(C(F)(F)F)cc2N1. The molecule has 0 unspecified atom stereocenters. The number of nitrogens with zero attached hydrogens (tertiary/aromatic N) is 3. The first-order chi connectivity index (χ1) is 16.3. The third-order valence-electron chi connectivity index (χ3n) is 5.93. The molecule has 0 atom stereocenters. The summed E-state index contributed by atoms with van der Waals surface area (Å²) in [6, 6.07) is 11.1. The van der Waals surface area contributed by atoms with Gasteiger partial charge in [-0.25, -0.2) is 0 Å². The van der Waals surface area contributed by atoms with Gasteiger partial charge in [0.05, 0.1) is 34.8 Å². The quantitative estimate of drug-likeness (QED) is 0.565. The van der Waals surface area contributed by atoms with Crippen LogP contribution in [0, 0.1) is 0 Å². The number of carbonyl (C=O) groups excluding carboxylic acids is 1. The van der Waals surface area contributed by atoms with Crippen molar-refractivity contribution in [2.24, 2.45) is 4.99 Å². The second-order valence-electron chi connectivity index (χ2n) is 8.28. The molecule has 0 spiro atoms. The molecule has 2 aromatic carbocycles. The Morgan fingerprint density at radius 2 is 1.85 bits per heavy atom. The molecular formula is C24H21F3N4O3. The fourth-order valence-corrected chi connectivity index (χ4v) is 4.30. The minimum atomic E-state index is -4.56. The van der Waals surface area contributed by atoms with Crippen LogP contribution < -0.4 is 10.2 Å². The molecule has 1 amide bonds. The lowest BCUT2D eigenvalue weighted by Crippen LogP contribution is -2.22. The summed E-state index contributed by atoms with van der Waals surface area (Å²) in [4.78, 5) is 18.9. The van der Waals surface area contributed by atoms with Gasteiger partial charge in [0.2, 0.25) is 5.91 Å². The van der Waals surface area contributed by atoms with E-state index in [1.54, 1.807) is 35.2 Å². The van der Waals surface area contributed by atoms with Crippen LogP contribution in [0.3, 0.4) is 0 Å². The summed E-state index contributed by atoms with van der Waals surface area (Å²) in [5, 5.41) is 15.7. The Morgan fingerprint density at radius 1 is 1.09 bits per heavy atom. The number of nitrogens with one attached hydrogen (secondary N) is 1. The van der Waals surface area contributed by atoms with Crippen LogP contribution in [0.2, 0.25) is 0 Å². The number of hydrogen-bond acceptors (Lipinski definition) is 6. The molecule has 0 aliphatic carbocycles. The number of benzene rings is 2. The van der Waals surface area contributed by atoms with E-state index in [9.17, 15) is 23.1 Å². The van der Waals surface area contributed by atoms with Gasteiger partial charge in [0.15, 0.2) is 5.76 Å². The van der Waals surface area contributed by atoms with Crippen molar-refractivity contribution in [2.75, 3.05) is 23.3 Å². The van der Waals surface area contributed by atoms with E-state index >= 15 is 0 Å². The second-order valence-corrected chi connectivity index (χ2v) is 8.28. The molecule has 2 aliphatic heterocycles. The van der Waals surface area contributed by atoms with Crippen molar-refractivity contribution in [3.8, 4) is 11.3 Å². The number of aromatic nitrogens is 1. The summed E-state index contributed by atoms with van der Waals surface area (Å²) < 4.78 is 46.6. The van der Waals surface area contributed by atoms with Crippen molar-refractivity contribution < 1.29 is 27.6 Å². The van der Waals surface area contributed by atoms with E-state index in [-0.39, 0.29) is 30.1 Å². The highest BCUT2D eigenvalue weighted by Crippen LogP contribution is 2.44. The number of hydrogen-bond donors (Lipinski definition) is 2. The highest BCUT2D eigenvalue weighted by atomic mass is 19.4. The molecule has 10 heteroatoms. The molecule has 1 aromatic heterocycles. The zero-order valence-corrected chi connectivity index (χ0v) is 18.0. The number of fused-ring (bicyclic) bond motifs is 1. The van der Waals surface area contributed by atoms with Crippen LogP contribution in [0.25, 0.3) is 11.3 Å². The fraction of sp³-hybridized carbons (Fsp3) is 0.292. The van der Waals surface area contributed by atoms with Gasteiger partial charge in [0, 0.05) is 24.7 Å². The van der Waals surface area contributed by atoms with Gasteiger partial charge in [0.25, 0.3) is 0 Å². The van der Waals surface area contributed by atoms with Crippen LogP contribution in [0.1, 0.15) is 36.1 Å². The van der Waals surface area contributed by atoms with Gasteiger partial charge in [-0.2, -0.15) is 13.2 Å². The predicted molar refractivity (Wildman–Crippen MR) is 120 cm³/mol. The summed E-state index contributed by atoms with van der Waals surface area (Å²) in [5.41, 5.74) is 1.89. The Kier molecular flexibility index (Phi) is 5.60. The zero-order chi connectivity index (χ0) is 23.9. The van der Waals surface area contributed by atoms with Crippen LogP contribution in [-0.2, 0) is 17.6 Å². The molecule has 176 valence electrons. The van der Waals surface area contributed by atoms with Gasteiger partial charge in [-0.3, -0.25) is 9.79 Å². The standard InChI is InChI=1S/C24H21F3N4O3/c25-24(26,27)17-10-20-21(11-22(17)31-6-1-2-7-31)28-18(12-23(33)29-20)14-4-3-5-15(8-14)19-9-16(13-32)34-30-19/h3-5,8-11,32H,1-2,6-7,12-13H2,(H,29,33). The summed E-state index contributed by atoms with van der Waals surface area (Å²) in [6.07, 6.45) is -3.01. The molecule has 0 saturated carbocycles. The number of amides is 1. The maximum Gasteiger partial charge on any atom is 0.418 e. The topological polar surface area (TPSA) is 91.0 Å². The van der Waals surface area contributed by atoms with Crippen molar-refractivity contribution in [2.45, 2.75) is 32.0 Å². The molecule has 2 aliphatic rings. The number of halogens is 3. The number of aliphatic hydroxyl groups excluding tert-OH is 1. The van der Waals surface area contributed by atoms with Crippen LogP contribution in [0.15, 0.2) is 52.0 Å². The normalized spacial score (nSPS) is 16.2. The molecule has 1 fully saturated rings. The Bertz CT molecular complexity index is 1280. The van der Waals surface area contributed by atoms with Crippen molar-refractivity contribution >= 4 is 28.7 Å². The maximum atomic E-state index is 13.8. The Morgan fingerprint density at radius 3 is 2.56 bits per heavy atom. The largest absolute Gasteiger partial charge is 0.418 e. The monoisotopic (exact) mass is 470 g/mol. The van der Waals surface area contributed by atoms with Crippen LogP contribution in [-0.4, -0.2) is 35.0 Å². The van der Waals surface area contributed by atoms with E-state index < -0.39 is 17.6 Å². The minimum absolute atomic E-state index is 0.0375. The van der Waals surface area contributed by atoms with Crippen molar-refractivity contribution in [1.82, 2.24) is 5.16 Å². The summed E-state index contributed by atoms with van der Waals surface area (Å²) in [6.45, 7) is 0.802. The number of aliphatic hydroxyl groups is 1. The van der Waals surface area contributed by atoms with Crippen molar-refractivity contribution in [3.05, 3.63) is 59.4 Å². The van der Waals surface area contributed by atoms with Gasteiger partial charge in [-0.05, 0) is 36.6 Å². The summed E-state index contributed by atoms with van der Waals surface area (Å²) >= 11 is 0. The van der Waals surface area contributed by atoms with Gasteiger partial charge in [0.1, 0.15) is 12.3 Å². The molecule has 0 radical (unpaired) electrons. The molecule has 2 N–H and O–H groups in total. The van der Waals surface area contributed by atoms with E-state index in [2.05, 4.69) is 15.5 Å². The lowest BCUT2D eigenvalue weighted by molar-refractivity contribution is -0.137. The average molecular weight is 470 g/mol. The minimum Gasteiger partial charge on any atom is -0.388 e. The zero-order valence-electron chi connectivity index (χ0n) is 18.0. The van der Waals surface area contributed by atoms with E-state index in [0.717, 1.165) is 18.9 Å². The lowest BCUT2D eigenvalue weighted by atomic mass is 10.0. The predicted octanol–water partition coefficient (Wildman–Crippen LogP) is 4.92. The molecule has 34 heavy (non-hydrogen) atoms. The average Bonchev–Trinajstić information content (AvgIpc) is 3.48. The Labute approximate surface area is 192 Å². The third kappa shape index (κ3) is 4.28. The van der Waals surface area contributed by atoms with Crippen molar-refractivity contribution in [3.63, 3.8) is 0 Å². The molecule has 7 nitrogen and oxygen atoms in total. The van der Waals surface area contributed by atoms with Crippen LogP contribution in [0.4, 0.5) is 30.2 Å². The molecule has 3 aromatic rings. The first kappa shape index (κ1) is 22.1. The number of aliphatic imine (C=N–C) groups is 1. The first-order valence-corrected chi connectivity index (χ1v) is 10.9. The maximum absolute atomic E-state index is 13.8.